The van der Waals surface area contributed by atoms with Crippen LogP contribution in [0.3, 0.4) is 0 Å². The van der Waals surface area contributed by atoms with Crippen LogP contribution in [0.5, 0.6) is 0 Å². The zero-order chi connectivity index (χ0) is 33.1. The predicted octanol–water partition coefficient (Wildman–Crippen LogP) is 5.25. The lowest BCUT2D eigenvalue weighted by Gasteiger charge is -2.19. The highest BCUT2D eigenvalue weighted by atomic mass is 32.2. The SMILES string of the molecule is Cc1cc(-c2cc(F)c(=O)n(CC3C=CC4=NC(=O)NC4=C3)c2)nc(S(=O)(=O)CCC(OCc2ccccc2F)c2ccccc2)n1. The van der Waals surface area contributed by atoms with Crippen molar-refractivity contribution in [2.24, 2.45) is 10.9 Å². The molecular formula is C34H29F2N5O5S. The Morgan fingerprint density at radius 2 is 1.77 bits per heavy atom. The van der Waals surface area contributed by atoms with Gasteiger partial charge >= 0.3 is 6.03 Å². The van der Waals surface area contributed by atoms with Crippen LogP contribution in [0.15, 0.2) is 112 Å². The van der Waals surface area contributed by atoms with E-state index in [4.69, 9.17) is 4.74 Å². The van der Waals surface area contributed by atoms with Gasteiger partial charge in [0.05, 0.1) is 35.6 Å². The number of nitrogens with zero attached hydrogens (tertiary/aromatic N) is 4. The summed E-state index contributed by atoms with van der Waals surface area (Å²) < 4.78 is 63.5. The number of aryl methyl sites for hydroxylation is 1. The summed E-state index contributed by atoms with van der Waals surface area (Å²) in [6, 6.07) is 17.3. The summed E-state index contributed by atoms with van der Waals surface area (Å²) in [5.41, 5.74) is 1.83. The van der Waals surface area contributed by atoms with E-state index in [0.717, 1.165) is 11.6 Å². The fraction of sp³-hybridized carbons (Fsp3) is 0.206. The molecule has 0 fully saturated rings. The lowest BCUT2D eigenvalue weighted by Crippen LogP contribution is -2.27. The number of pyridine rings is 1. The van der Waals surface area contributed by atoms with Crippen molar-refractivity contribution in [1.82, 2.24) is 19.9 Å². The number of aliphatic imine (C=N–C) groups is 1. The molecule has 4 aromatic rings. The highest BCUT2D eigenvalue weighted by Crippen LogP contribution is 2.27. The van der Waals surface area contributed by atoms with Crippen LogP contribution < -0.4 is 10.9 Å². The summed E-state index contributed by atoms with van der Waals surface area (Å²) in [6.45, 7) is 1.58. The summed E-state index contributed by atoms with van der Waals surface area (Å²) in [6.07, 6.45) is 5.90. The highest BCUT2D eigenvalue weighted by molar-refractivity contribution is 7.91. The van der Waals surface area contributed by atoms with E-state index in [1.54, 1.807) is 67.6 Å². The van der Waals surface area contributed by atoms with Crippen molar-refractivity contribution >= 4 is 21.6 Å². The average molecular weight is 658 g/mol. The Bertz CT molecular complexity index is 2110. The maximum absolute atomic E-state index is 14.9. The summed E-state index contributed by atoms with van der Waals surface area (Å²) in [4.78, 5) is 36.6. The standard InChI is InChI=1S/C34H29F2N5O5S/c1-21-15-29(25-17-27(36)32(42)41(19-25)18-22-11-12-28-30(16-22)39-33(43)38-28)40-34(37-21)47(44,45)14-13-31(23-7-3-2-4-8-23)46-20-24-9-5-6-10-26(24)35/h2-12,15-17,19,22,31H,13-14,18,20H2,1H3,(H,39,43). The Kier molecular flexibility index (Phi) is 9.01. The lowest BCUT2D eigenvalue weighted by atomic mass is 10.00. The van der Waals surface area contributed by atoms with E-state index in [0.29, 0.717) is 22.7 Å². The average Bonchev–Trinajstić information content (AvgIpc) is 3.43. The third-order valence-electron chi connectivity index (χ3n) is 7.70. The van der Waals surface area contributed by atoms with Crippen LogP contribution in [0.4, 0.5) is 13.6 Å². The van der Waals surface area contributed by atoms with Crippen molar-refractivity contribution in [1.29, 1.82) is 0 Å². The number of allylic oxidation sites excluding steroid dienone is 3. The number of amides is 2. The third kappa shape index (κ3) is 7.31. The van der Waals surface area contributed by atoms with Gasteiger partial charge in [-0.25, -0.2) is 32.0 Å². The van der Waals surface area contributed by atoms with E-state index in [1.165, 1.54) is 22.9 Å². The summed E-state index contributed by atoms with van der Waals surface area (Å²) in [5.74, 6) is -2.19. The molecule has 47 heavy (non-hydrogen) atoms. The van der Waals surface area contributed by atoms with Gasteiger partial charge in [-0.05, 0) is 49.3 Å². The van der Waals surface area contributed by atoms with Gasteiger partial charge < -0.3 is 14.6 Å². The fourth-order valence-corrected chi connectivity index (χ4v) is 6.56. The monoisotopic (exact) mass is 657 g/mol. The Morgan fingerprint density at radius 3 is 2.55 bits per heavy atom. The first-order chi connectivity index (χ1) is 22.6. The number of rotatable bonds is 11. The van der Waals surface area contributed by atoms with E-state index < -0.39 is 44.3 Å². The van der Waals surface area contributed by atoms with Crippen LogP contribution in [0, 0.1) is 24.5 Å². The Hall–Kier alpha value is -5.14. The molecule has 0 saturated heterocycles. The highest BCUT2D eigenvalue weighted by Gasteiger charge is 2.25. The van der Waals surface area contributed by atoms with Crippen molar-refractivity contribution in [3.8, 4) is 11.3 Å². The number of urea groups is 1. The molecule has 0 radical (unpaired) electrons. The fourth-order valence-electron chi connectivity index (χ4n) is 5.33. The van der Waals surface area contributed by atoms with Gasteiger partial charge in [0.1, 0.15) is 5.82 Å². The molecule has 6 rings (SSSR count). The van der Waals surface area contributed by atoms with Crippen molar-refractivity contribution in [2.75, 3.05) is 5.75 Å². The summed E-state index contributed by atoms with van der Waals surface area (Å²) in [7, 11) is -4.07. The second-order valence-electron chi connectivity index (χ2n) is 11.2. The second kappa shape index (κ2) is 13.3. The van der Waals surface area contributed by atoms with Gasteiger partial charge in [-0.2, -0.15) is 4.99 Å². The van der Waals surface area contributed by atoms with Crippen molar-refractivity contribution in [3.63, 3.8) is 0 Å². The van der Waals surface area contributed by atoms with Gasteiger partial charge in [-0.15, -0.1) is 0 Å². The van der Waals surface area contributed by atoms with Gasteiger partial charge in [0.15, 0.2) is 5.82 Å². The molecule has 0 spiro atoms. The number of carbonyl (C=O) groups is 1. The molecule has 3 heterocycles. The summed E-state index contributed by atoms with van der Waals surface area (Å²) in [5, 5.41) is 2.16. The number of sulfone groups is 1. The molecule has 1 N–H and O–H groups in total. The minimum Gasteiger partial charge on any atom is -0.369 e. The largest absolute Gasteiger partial charge is 0.369 e. The van der Waals surface area contributed by atoms with Crippen molar-refractivity contribution in [3.05, 3.63) is 136 Å². The Labute approximate surface area is 269 Å². The first-order valence-electron chi connectivity index (χ1n) is 14.7. The minimum atomic E-state index is -4.07. The van der Waals surface area contributed by atoms with Crippen LogP contribution >= 0.6 is 0 Å². The van der Waals surface area contributed by atoms with Crippen LogP contribution in [0.2, 0.25) is 0 Å². The normalized spacial score (nSPS) is 16.3. The van der Waals surface area contributed by atoms with E-state index in [9.17, 15) is 26.8 Å². The Balaban J connectivity index is 1.23. The van der Waals surface area contributed by atoms with Gasteiger partial charge in [-0.1, -0.05) is 54.6 Å². The van der Waals surface area contributed by atoms with Gasteiger partial charge in [0.2, 0.25) is 15.0 Å². The number of nitrogens with one attached hydrogen (secondary N) is 1. The number of hydrogen-bond acceptors (Lipinski definition) is 7. The molecule has 0 bridgehead atoms. The number of aromatic nitrogens is 3. The molecule has 2 aliphatic rings. The van der Waals surface area contributed by atoms with Crippen molar-refractivity contribution in [2.45, 2.75) is 37.8 Å². The number of carbonyl (C=O) groups excluding carboxylic acids is 1. The minimum absolute atomic E-state index is 0.0320. The second-order valence-corrected chi connectivity index (χ2v) is 13.2. The third-order valence-corrected chi connectivity index (χ3v) is 9.21. The molecule has 2 atom stereocenters. The molecule has 240 valence electrons. The maximum Gasteiger partial charge on any atom is 0.346 e. The zero-order valence-corrected chi connectivity index (χ0v) is 26.0. The topological polar surface area (TPSA) is 133 Å². The van der Waals surface area contributed by atoms with Crippen LogP contribution in [0.25, 0.3) is 11.3 Å². The van der Waals surface area contributed by atoms with E-state index in [-0.39, 0.29) is 42.5 Å². The molecule has 0 saturated carbocycles. The molecule has 1 aliphatic carbocycles. The quantitative estimate of drug-likeness (QED) is 0.218. The molecule has 2 unspecified atom stereocenters. The predicted molar refractivity (Wildman–Crippen MR) is 170 cm³/mol. The molecule has 2 aromatic heterocycles. The summed E-state index contributed by atoms with van der Waals surface area (Å²) >= 11 is 0. The number of benzene rings is 2. The number of halogens is 2. The maximum atomic E-state index is 14.9. The first-order valence-corrected chi connectivity index (χ1v) is 16.4. The van der Waals surface area contributed by atoms with Crippen LogP contribution in [0.1, 0.15) is 29.3 Å². The molecule has 13 heteroatoms. The lowest BCUT2D eigenvalue weighted by molar-refractivity contribution is 0.0361. The van der Waals surface area contributed by atoms with E-state index in [2.05, 4.69) is 20.3 Å². The molecule has 1 aliphatic heterocycles. The zero-order valence-electron chi connectivity index (χ0n) is 25.1. The molecule has 2 aromatic carbocycles. The van der Waals surface area contributed by atoms with Gasteiger partial charge in [0.25, 0.3) is 5.56 Å². The molecular weight excluding hydrogens is 628 g/mol. The first kappa shape index (κ1) is 31.8. The number of hydrogen-bond donors (Lipinski definition) is 1. The molecule has 10 nitrogen and oxygen atoms in total. The Morgan fingerprint density at radius 1 is 1.00 bits per heavy atom. The number of fused-ring (bicyclic) bond motifs is 1. The smallest absolute Gasteiger partial charge is 0.346 e. The van der Waals surface area contributed by atoms with Gasteiger partial charge in [0, 0.05) is 35.5 Å². The van der Waals surface area contributed by atoms with Gasteiger partial charge in [-0.3, -0.25) is 4.79 Å². The van der Waals surface area contributed by atoms with Crippen molar-refractivity contribution < 1.29 is 26.7 Å². The molecule has 2 amide bonds. The number of ether oxygens (including phenoxy) is 1. The van der Waals surface area contributed by atoms with Crippen LogP contribution in [-0.4, -0.2) is 40.4 Å². The van der Waals surface area contributed by atoms with E-state index in [1.807, 2.05) is 6.07 Å². The van der Waals surface area contributed by atoms with Crippen LogP contribution in [-0.2, 0) is 27.7 Å². The van der Waals surface area contributed by atoms with E-state index >= 15 is 0 Å².